The summed E-state index contributed by atoms with van der Waals surface area (Å²) in [6, 6.07) is 0. The molecular formula is C8H9F3N2O2. The molecule has 0 aliphatic carbocycles. The summed E-state index contributed by atoms with van der Waals surface area (Å²) in [5.41, 5.74) is 0.495. The van der Waals surface area contributed by atoms with Gasteiger partial charge in [0.2, 0.25) is 0 Å². The van der Waals surface area contributed by atoms with Gasteiger partial charge >= 0.3 is 6.18 Å². The zero-order chi connectivity index (χ0) is 11.3. The molecule has 0 saturated heterocycles. The molecule has 0 bridgehead atoms. The summed E-state index contributed by atoms with van der Waals surface area (Å²) in [6.45, 7) is -1.83. The zero-order valence-corrected chi connectivity index (χ0v) is 7.66. The predicted molar refractivity (Wildman–Crippen MR) is 43.7 cm³/mol. The van der Waals surface area contributed by atoms with E-state index in [0.29, 0.717) is 5.56 Å². The minimum atomic E-state index is -4.34. The smallest absolute Gasteiger partial charge is 0.392 e. The Bertz CT molecular complexity index is 300. The van der Waals surface area contributed by atoms with E-state index < -0.39 is 12.8 Å². The normalized spacial score (nSPS) is 11.7. The standard InChI is InChI=1S/C8H9F3N2O2/c9-8(10,11)5-15-4-7-12-1-6(3-14)2-13-7/h1-2,14H,3-5H2. The van der Waals surface area contributed by atoms with Crippen molar-refractivity contribution in [2.24, 2.45) is 0 Å². The lowest BCUT2D eigenvalue weighted by molar-refractivity contribution is -0.177. The van der Waals surface area contributed by atoms with Gasteiger partial charge in [-0.1, -0.05) is 0 Å². The van der Waals surface area contributed by atoms with Crippen LogP contribution in [-0.4, -0.2) is 27.9 Å². The quantitative estimate of drug-likeness (QED) is 0.827. The van der Waals surface area contributed by atoms with Gasteiger partial charge in [-0.2, -0.15) is 13.2 Å². The first-order valence-electron chi connectivity index (χ1n) is 4.06. The molecule has 1 heterocycles. The highest BCUT2D eigenvalue weighted by Crippen LogP contribution is 2.14. The molecule has 0 fully saturated rings. The number of hydrogen-bond donors (Lipinski definition) is 1. The van der Waals surface area contributed by atoms with Crippen molar-refractivity contribution in [1.29, 1.82) is 0 Å². The molecule has 0 saturated carbocycles. The molecule has 0 aliphatic heterocycles. The fourth-order valence-electron chi connectivity index (χ4n) is 0.796. The minimum absolute atomic E-state index is 0.149. The van der Waals surface area contributed by atoms with Crippen molar-refractivity contribution in [2.45, 2.75) is 19.4 Å². The molecule has 1 N–H and O–H groups in total. The van der Waals surface area contributed by atoms with Crippen LogP contribution in [0.2, 0.25) is 0 Å². The Morgan fingerprint density at radius 2 is 1.87 bits per heavy atom. The van der Waals surface area contributed by atoms with Gasteiger partial charge in [0.1, 0.15) is 13.2 Å². The van der Waals surface area contributed by atoms with E-state index in [4.69, 9.17) is 5.11 Å². The number of hydrogen-bond acceptors (Lipinski definition) is 4. The van der Waals surface area contributed by atoms with E-state index in [1.54, 1.807) is 0 Å². The number of ether oxygens (including phenoxy) is 1. The first-order chi connectivity index (χ1) is 7.01. The van der Waals surface area contributed by atoms with Gasteiger partial charge in [0.05, 0.1) is 6.61 Å². The van der Waals surface area contributed by atoms with Crippen molar-refractivity contribution >= 4 is 0 Å². The van der Waals surface area contributed by atoms with Crippen molar-refractivity contribution in [1.82, 2.24) is 9.97 Å². The average molecular weight is 222 g/mol. The van der Waals surface area contributed by atoms with E-state index in [2.05, 4.69) is 14.7 Å². The third-order valence-electron chi connectivity index (χ3n) is 1.44. The van der Waals surface area contributed by atoms with Crippen LogP contribution in [0.4, 0.5) is 13.2 Å². The Hall–Kier alpha value is -1.21. The molecule has 15 heavy (non-hydrogen) atoms. The third kappa shape index (κ3) is 4.71. The summed E-state index contributed by atoms with van der Waals surface area (Å²) >= 11 is 0. The summed E-state index contributed by atoms with van der Waals surface area (Å²) in [5.74, 6) is 0.149. The van der Waals surface area contributed by atoms with Crippen LogP contribution in [0, 0.1) is 0 Å². The van der Waals surface area contributed by atoms with Crippen LogP contribution in [-0.2, 0) is 18.0 Å². The Balaban J connectivity index is 2.38. The fourth-order valence-corrected chi connectivity index (χ4v) is 0.796. The minimum Gasteiger partial charge on any atom is -0.392 e. The van der Waals surface area contributed by atoms with E-state index >= 15 is 0 Å². The van der Waals surface area contributed by atoms with Crippen molar-refractivity contribution in [2.75, 3.05) is 6.61 Å². The number of nitrogens with zero attached hydrogens (tertiary/aromatic N) is 2. The highest BCUT2D eigenvalue weighted by atomic mass is 19.4. The first-order valence-corrected chi connectivity index (χ1v) is 4.06. The predicted octanol–water partition coefficient (Wildman–Crippen LogP) is 1.05. The largest absolute Gasteiger partial charge is 0.411 e. The van der Waals surface area contributed by atoms with Gasteiger partial charge in [-0.05, 0) is 0 Å². The van der Waals surface area contributed by atoms with E-state index in [1.165, 1.54) is 12.4 Å². The van der Waals surface area contributed by atoms with Gasteiger partial charge in [-0.3, -0.25) is 0 Å². The molecule has 1 aromatic rings. The lowest BCUT2D eigenvalue weighted by atomic mass is 10.4. The molecule has 0 unspecified atom stereocenters. The lowest BCUT2D eigenvalue weighted by Crippen LogP contribution is -2.17. The van der Waals surface area contributed by atoms with Crippen LogP contribution < -0.4 is 0 Å². The number of aromatic nitrogens is 2. The van der Waals surface area contributed by atoms with E-state index in [9.17, 15) is 13.2 Å². The molecule has 0 atom stereocenters. The van der Waals surface area contributed by atoms with Crippen LogP contribution >= 0.6 is 0 Å². The zero-order valence-electron chi connectivity index (χ0n) is 7.66. The molecular weight excluding hydrogens is 213 g/mol. The Kier molecular flexibility index (Phi) is 3.98. The van der Waals surface area contributed by atoms with Gasteiger partial charge in [0.25, 0.3) is 0 Å². The van der Waals surface area contributed by atoms with Crippen LogP contribution in [0.3, 0.4) is 0 Å². The maximum Gasteiger partial charge on any atom is 0.411 e. The number of aliphatic hydroxyl groups is 1. The Morgan fingerprint density at radius 1 is 1.27 bits per heavy atom. The second kappa shape index (κ2) is 5.04. The van der Waals surface area contributed by atoms with Crippen LogP contribution in [0.15, 0.2) is 12.4 Å². The third-order valence-corrected chi connectivity index (χ3v) is 1.44. The average Bonchev–Trinajstić information content (AvgIpc) is 2.17. The van der Waals surface area contributed by atoms with Crippen LogP contribution in [0.1, 0.15) is 11.4 Å². The summed E-state index contributed by atoms with van der Waals surface area (Å²) in [7, 11) is 0. The monoisotopic (exact) mass is 222 g/mol. The maximum atomic E-state index is 11.7. The molecule has 1 aromatic heterocycles. The van der Waals surface area contributed by atoms with Gasteiger partial charge in [-0.25, -0.2) is 9.97 Å². The number of aliphatic hydroxyl groups excluding tert-OH is 1. The fraction of sp³-hybridized carbons (Fsp3) is 0.500. The first kappa shape index (κ1) is 11.9. The topological polar surface area (TPSA) is 55.2 Å². The summed E-state index contributed by atoms with van der Waals surface area (Å²) in [5, 5.41) is 8.65. The number of rotatable bonds is 4. The molecule has 84 valence electrons. The molecule has 1 rings (SSSR count). The Labute approximate surface area is 83.7 Å². The molecule has 4 nitrogen and oxygen atoms in total. The van der Waals surface area contributed by atoms with Crippen molar-refractivity contribution in [3.8, 4) is 0 Å². The second-order valence-electron chi connectivity index (χ2n) is 2.77. The van der Waals surface area contributed by atoms with E-state index in [1.807, 2.05) is 0 Å². The van der Waals surface area contributed by atoms with E-state index in [-0.39, 0.29) is 19.0 Å². The van der Waals surface area contributed by atoms with Crippen molar-refractivity contribution in [3.05, 3.63) is 23.8 Å². The maximum absolute atomic E-state index is 11.7. The molecule has 0 aromatic carbocycles. The van der Waals surface area contributed by atoms with Crippen LogP contribution in [0.25, 0.3) is 0 Å². The molecule has 0 amide bonds. The summed E-state index contributed by atoms with van der Waals surface area (Å²) < 4.78 is 39.4. The van der Waals surface area contributed by atoms with Crippen molar-refractivity contribution < 1.29 is 23.0 Å². The summed E-state index contributed by atoms with van der Waals surface area (Å²) in [6.07, 6.45) is -1.68. The van der Waals surface area contributed by atoms with Gasteiger partial charge in [0.15, 0.2) is 5.82 Å². The van der Waals surface area contributed by atoms with Gasteiger partial charge in [-0.15, -0.1) is 0 Å². The number of alkyl halides is 3. The summed E-state index contributed by atoms with van der Waals surface area (Å²) in [4.78, 5) is 7.41. The highest BCUT2D eigenvalue weighted by molar-refractivity contribution is 5.02. The molecule has 0 aliphatic rings. The second-order valence-corrected chi connectivity index (χ2v) is 2.77. The molecule has 0 radical (unpaired) electrons. The lowest BCUT2D eigenvalue weighted by Gasteiger charge is -2.06. The SMILES string of the molecule is OCc1cnc(COCC(F)(F)F)nc1. The highest BCUT2D eigenvalue weighted by Gasteiger charge is 2.27. The van der Waals surface area contributed by atoms with E-state index in [0.717, 1.165) is 0 Å². The Morgan fingerprint density at radius 3 is 2.33 bits per heavy atom. The molecule has 0 spiro atoms. The van der Waals surface area contributed by atoms with Gasteiger partial charge < -0.3 is 9.84 Å². The molecule has 7 heteroatoms. The van der Waals surface area contributed by atoms with Crippen LogP contribution in [0.5, 0.6) is 0 Å². The van der Waals surface area contributed by atoms with Gasteiger partial charge in [0, 0.05) is 18.0 Å². The number of halogens is 3. The van der Waals surface area contributed by atoms with Crippen molar-refractivity contribution in [3.63, 3.8) is 0 Å².